The Morgan fingerprint density at radius 3 is 2.50 bits per heavy atom. The first-order chi connectivity index (χ1) is 13.6. The lowest BCUT2D eigenvalue weighted by Gasteiger charge is -2.10. The summed E-state index contributed by atoms with van der Waals surface area (Å²) in [5.74, 6) is 0.702. The summed E-state index contributed by atoms with van der Waals surface area (Å²) in [4.78, 5) is 8.70. The molecular formula is C17H10BrCl2N7O. The van der Waals surface area contributed by atoms with Crippen molar-refractivity contribution in [2.45, 2.75) is 0 Å². The third-order valence-corrected chi connectivity index (χ3v) is 4.76. The summed E-state index contributed by atoms with van der Waals surface area (Å²) in [6.07, 6.45) is 1.65. The molecule has 0 saturated heterocycles. The van der Waals surface area contributed by atoms with Gasteiger partial charge in [0.25, 0.3) is 0 Å². The van der Waals surface area contributed by atoms with Crippen LogP contribution in [0.1, 0.15) is 5.56 Å². The maximum Gasteiger partial charge on any atom is 0.245 e. The fourth-order valence-electron chi connectivity index (χ4n) is 2.27. The Hall–Kier alpha value is -2.75. The van der Waals surface area contributed by atoms with Gasteiger partial charge in [0, 0.05) is 10.2 Å². The molecule has 0 aliphatic carbocycles. The van der Waals surface area contributed by atoms with E-state index in [9.17, 15) is 0 Å². The van der Waals surface area contributed by atoms with Gasteiger partial charge in [-0.05, 0) is 46.2 Å². The Morgan fingerprint density at radius 1 is 0.964 bits per heavy atom. The van der Waals surface area contributed by atoms with Crippen molar-refractivity contribution < 1.29 is 4.63 Å². The zero-order chi connectivity index (χ0) is 19.5. The van der Waals surface area contributed by atoms with E-state index in [4.69, 9.17) is 23.2 Å². The molecule has 2 N–H and O–H groups in total. The van der Waals surface area contributed by atoms with Gasteiger partial charge in [0.1, 0.15) is 0 Å². The summed E-state index contributed by atoms with van der Waals surface area (Å²) in [7, 11) is 0. The first-order valence-electron chi connectivity index (χ1n) is 7.85. The zero-order valence-corrected chi connectivity index (χ0v) is 17.0. The van der Waals surface area contributed by atoms with Crippen LogP contribution in [0.3, 0.4) is 0 Å². The summed E-state index contributed by atoms with van der Waals surface area (Å²) in [5, 5.41) is 15.6. The molecule has 0 bridgehead atoms. The molecule has 0 fully saturated rings. The predicted molar refractivity (Wildman–Crippen MR) is 112 cm³/mol. The van der Waals surface area contributed by atoms with Gasteiger partial charge >= 0.3 is 0 Å². The van der Waals surface area contributed by atoms with E-state index in [0.717, 1.165) is 10.0 Å². The number of nitrogens with one attached hydrogen (secondary N) is 2. The third kappa shape index (κ3) is 4.22. The second-order valence-corrected chi connectivity index (χ2v) is 7.24. The number of hydrogen-bond acceptors (Lipinski definition) is 8. The molecule has 2 aromatic carbocycles. The number of hydrogen-bond donors (Lipinski definition) is 2. The van der Waals surface area contributed by atoms with E-state index in [1.165, 1.54) is 0 Å². The van der Waals surface area contributed by atoms with Crippen molar-refractivity contribution in [3.05, 3.63) is 62.5 Å². The number of hydrazone groups is 1. The normalized spacial score (nSPS) is 11.2. The molecule has 11 heteroatoms. The van der Waals surface area contributed by atoms with Gasteiger partial charge < -0.3 is 5.32 Å². The monoisotopic (exact) mass is 477 g/mol. The van der Waals surface area contributed by atoms with Crippen molar-refractivity contribution >= 4 is 74.0 Å². The van der Waals surface area contributed by atoms with Crippen molar-refractivity contribution in [1.29, 1.82) is 0 Å². The van der Waals surface area contributed by atoms with Crippen LogP contribution in [0.25, 0.3) is 11.3 Å². The van der Waals surface area contributed by atoms with Crippen LogP contribution in [0.4, 0.5) is 17.3 Å². The highest BCUT2D eigenvalue weighted by Crippen LogP contribution is 2.29. The second-order valence-electron chi connectivity index (χ2n) is 5.51. The molecular weight excluding hydrogens is 469 g/mol. The Kier molecular flexibility index (Phi) is 5.38. The standard InChI is InChI=1S/C17H10BrCl2N7O/c18-10-3-1-2-9(6-10)8-21-25-15-14(23-16-17(24-15)27-28-26-16)22-11-4-5-12(19)13(20)7-11/h1-8H,(H,22,23,26)(H,24,25,27)/b21-8+. The average molecular weight is 479 g/mol. The van der Waals surface area contributed by atoms with Gasteiger partial charge in [0.05, 0.1) is 16.3 Å². The van der Waals surface area contributed by atoms with Crippen LogP contribution >= 0.6 is 39.1 Å². The minimum absolute atomic E-state index is 0.250. The molecule has 0 saturated carbocycles. The number of fused-ring (bicyclic) bond motifs is 1. The largest absolute Gasteiger partial charge is 0.337 e. The molecule has 0 atom stereocenters. The van der Waals surface area contributed by atoms with Gasteiger partial charge in [0.15, 0.2) is 11.6 Å². The zero-order valence-electron chi connectivity index (χ0n) is 13.9. The molecule has 28 heavy (non-hydrogen) atoms. The van der Waals surface area contributed by atoms with Gasteiger partial charge in [-0.3, -0.25) is 5.43 Å². The van der Waals surface area contributed by atoms with Crippen molar-refractivity contribution in [2.24, 2.45) is 5.10 Å². The van der Waals surface area contributed by atoms with Crippen LogP contribution in [0.15, 0.2) is 56.7 Å². The number of halogens is 3. The summed E-state index contributed by atoms with van der Waals surface area (Å²) in [5.41, 5.74) is 4.93. The van der Waals surface area contributed by atoms with Gasteiger partial charge in [-0.2, -0.15) is 10.1 Å². The Balaban J connectivity index is 1.64. The van der Waals surface area contributed by atoms with Gasteiger partial charge in [-0.25, -0.2) is 9.61 Å². The molecule has 0 aliphatic rings. The van der Waals surface area contributed by atoms with Crippen LogP contribution < -0.4 is 10.7 Å². The molecule has 4 rings (SSSR count). The summed E-state index contributed by atoms with van der Waals surface area (Å²) < 4.78 is 5.64. The van der Waals surface area contributed by atoms with Crippen LogP contribution in [-0.4, -0.2) is 26.5 Å². The second kappa shape index (κ2) is 8.09. The lowest BCUT2D eigenvalue weighted by atomic mass is 10.2. The van der Waals surface area contributed by atoms with Crippen LogP contribution in [0, 0.1) is 0 Å². The molecule has 0 amide bonds. The number of rotatable bonds is 5. The van der Waals surface area contributed by atoms with Crippen molar-refractivity contribution in [3.8, 4) is 0 Å². The van der Waals surface area contributed by atoms with E-state index in [1.54, 1.807) is 24.4 Å². The molecule has 140 valence electrons. The summed E-state index contributed by atoms with van der Waals surface area (Å²) in [6, 6.07) is 12.8. The van der Waals surface area contributed by atoms with E-state index >= 15 is 0 Å². The van der Waals surface area contributed by atoms with E-state index < -0.39 is 0 Å². The van der Waals surface area contributed by atoms with Gasteiger partial charge in [0.2, 0.25) is 11.3 Å². The van der Waals surface area contributed by atoms with E-state index in [1.807, 2.05) is 24.3 Å². The van der Waals surface area contributed by atoms with Gasteiger partial charge in [-0.1, -0.05) is 51.3 Å². The van der Waals surface area contributed by atoms with E-state index in [0.29, 0.717) is 27.4 Å². The van der Waals surface area contributed by atoms with E-state index in [-0.39, 0.29) is 11.3 Å². The molecule has 0 aliphatic heterocycles. The smallest absolute Gasteiger partial charge is 0.245 e. The minimum Gasteiger partial charge on any atom is -0.337 e. The maximum atomic E-state index is 6.07. The molecule has 4 aromatic rings. The first-order valence-corrected chi connectivity index (χ1v) is 9.40. The van der Waals surface area contributed by atoms with Crippen molar-refractivity contribution in [1.82, 2.24) is 20.3 Å². The Morgan fingerprint density at radius 2 is 1.75 bits per heavy atom. The third-order valence-electron chi connectivity index (χ3n) is 3.53. The Bertz CT molecular complexity index is 1180. The predicted octanol–water partition coefficient (Wildman–Crippen LogP) is 5.27. The average Bonchev–Trinajstić information content (AvgIpc) is 3.12. The van der Waals surface area contributed by atoms with Crippen LogP contribution in [0.2, 0.25) is 10.0 Å². The summed E-state index contributed by atoms with van der Waals surface area (Å²) in [6.45, 7) is 0. The summed E-state index contributed by atoms with van der Waals surface area (Å²) >= 11 is 15.5. The number of nitrogens with zero attached hydrogens (tertiary/aromatic N) is 5. The lowest BCUT2D eigenvalue weighted by molar-refractivity contribution is 0.314. The van der Waals surface area contributed by atoms with Crippen molar-refractivity contribution in [3.63, 3.8) is 0 Å². The maximum absolute atomic E-state index is 6.07. The molecule has 0 radical (unpaired) electrons. The van der Waals surface area contributed by atoms with Crippen molar-refractivity contribution in [2.75, 3.05) is 10.7 Å². The highest BCUT2D eigenvalue weighted by molar-refractivity contribution is 9.10. The highest BCUT2D eigenvalue weighted by Gasteiger charge is 2.13. The number of anilines is 3. The Labute approximate surface area is 177 Å². The fourth-order valence-corrected chi connectivity index (χ4v) is 2.98. The molecule has 2 heterocycles. The van der Waals surface area contributed by atoms with E-state index in [2.05, 4.69) is 56.7 Å². The fraction of sp³-hybridized carbons (Fsp3) is 0. The molecule has 0 spiro atoms. The highest BCUT2D eigenvalue weighted by atomic mass is 79.9. The van der Waals surface area contributed by atoms with Gasteiger partial charge in [-0.15, -0.1) is 0 Å². The molecule has 2 aromatic heterocycles. The quantitative estimate of drug-likeness (QED) is 0.297. The minimum atomic E-state index is 0.250. The topological polar surface area (TPSA) is 101 Å². The molecule has 8 nitrogen and oxygen atoms in total. The number of aromatic nitrogens is 4. The lowest BCUT2D eigenvalue weighted by Crippen LogP contribution is -2.03. The number of benzene rings is 2. The van der Waals surface area contributed by atoms with Crippen LogP contribution in [0.5, 0.6) is 0 Å². The molecule has 0 unspecified atom stereocenters. The first kappa shape index (κ1) is 18.6. The SMILES string of the molecule is Clc1ccc(Nc2nc3nonc3nc2N/N=C/c2cccc(Br)c2)cc1Cl. The van der Waals surface area contributed by atoms with Crippen LogP contribution in [-0.2, 0) is 0 Å².